The van der Waals surface area contributed by atoms with E-state index in [0.29, 0.717) is 18.9 Å². The summed E-state index contributed by atoms with van der Waals surface area (Å²) in [6.07, 6.45) is 0.312. The van der Waals surface area contributed by atoms with E-state index >= 15 is 0 Å². The van der Waals surface area contributed by atoms with Gasteiger partial charge in [0.05, 0.1) is 6.10 Å². The molecule has 0 saturated heterocycles. The van der Waals surface area contributed by atoms with Gasteiger partial charge in [-0.2, -0.15) is 0 Å². The summed E-state index contributed by atoms with van der Waals surface area (Å²) in [7, 11) is 1.80. The third-order valence-electron chi connectivity index (χ3n) is 2.65. The Morgan fingerprint density at radius 3 is 2.14 bits per heavy atom. The van der Waals surface area contributed by atoms with Gasteiger partial charge in [-0.1, -0.05) is 20.8 Å². The zero-order chi connectivity index (χ0) is 11.3. The first-order valence-corrected chi connectivity index (χ1v) is 5.29. The second kappa shape index (κ2) is 6.02. The van der Waals surface area contributed by atoms with Crippen LogP contribution in [-0.4, -0.2) is 35.6 Å². The molecule has 0 aromatic rings. The number of rotatable bonds is 5. The molecule has 0 aliphatic carbocycles. The molecule has 1 amide bonds. The molecular formula is C11H23NO2. The molecule has 0 rings (SSSR count). The van der Waals surface area contributed by atoms with Crippen LogP contribution in [0.3, 0.4) is 0 Å². The molecular weight excluding hydrogens is 178 g/mol. The van der Waals surface area contributed by atoms with Crippen molar-refractivity contribution in [2.75, 3.05) is 13.6 Å². The molecule has 3 heteroatoms. The number of hydrogen-bond donors (Lipinski definition) is 1. The minimum Gasteiger partial charge on any atom is -0.393 e. The highest BCUT2D eigenvalue weighted by Crippen LogP contribution is 2.12. The van der Waals surface area contributed by atoms with E-state index in [-0.39, 0.29) is 17.9 Å². The third-order valence-corrected chi connectivity index (χ3v) is 2.65. The molecule has 1 N–H and O–H groups in total. The predicted molar refractivity (Wildman–Crippen MR) is 57.9 cm³/mol. The SMILES string of the molecule is CC(O)CCN(C)C(=O)C(C)C(C)C. The van der Waals surface area contributed by atoms with Crippen LogP contribution >= 0.6 is 0 Å². The van der Waals surface area contributed by atoms with Crippen molar-refractivity contribution in [1.29, 1.82) is 0 Å². The van der Waals surface area contributed by atoms with Crippen LogP contribution < -0.4 is 0 Å². The van der Waals surface area contributed by atoms with Gasteiger partial charge in [0.15, 0.2) is 0 Å². The van der Waals surface area contributed by atoms with E-state index in [4.69, 9.17) is 5.11 Å². The van der Waals surface area contributed by atoms with Crippen LogP contribution in [0.1, 0.15) is 34.1 Å². The van der Waals surface area contributed by atoms with Crippen molar-refractivity contribution in [3.05, 3.63) is 0 Å². The highest BCUT2D eigenvalue weighted by Gasteiger charge is 2.20. The monoisotopic (exact) mass is 201 g/mol. The maximum absolute atomic E-state index is 11.7. The molecule has 0 fully saturated rings. The summed E-state index contributed by atoms with van der Waals surface area (Å²) in [5.74, 6) is 0.603. The van der Waals surface area contributed by atoms with E-state index < -0.39 is 0 Å². The summed E-state index contributed by atoms with van der Waals surface area (Å²) in [6.45, 7) is 8.42. The van der Waals surface area contributed by atoms with E-state index in [1.165, 1.54) is 0 Å². The van der Waals surface area contributed by atoms with Gasteiger partial charge in [0, 0.05) is 19.5 Å². The van der Waals surface area contributed by atoms with Gasteiger partial charge < -0.3 is 10.0 Å². The molecule has 0 aliphatic rings. The fourth-order valence-corrected chi connectivity index (χ4v) is 1.12. The molecule has 0 aliphatic heterocycles. The highest BCUT2D eigenvalue weighted by molar-refractivity contribution is 5.78. The van der Waals surface area contributed by atoms with E-state index in [0.717, 1.165) is 0 Å². The molecule has 0 aromatic heterocycles. The van der Waals surface area contributed by atoms with Gasteiger partial charge in [-0.25, -0.2) is 0 Å². The molecule has 2 unspecified atom stereocenters. The lowest BCUT2D eigenvalue weighted by Crippen LogP contribution is -2.35. The summed E-state index contributed by atoms with van der Waals surface area (Å²) < 4.78 is 0. The van der Waals surface area contributed by atoms with Gasteiger partial charge in [0.25, 0.3) is 0 Å². The smallest absolute Gasteiger partial charge is 0.225 e. The Hall–Kier alpha value is -0.570. The second-order valence-corrected chi connectivity index (χ2v) is 4.43. The fraction of sp³-hybridized carbons (Fsp3) is 0.909. The van der Waals surface area contributed by atoms with Crippen LogP contribution in [0, 0.1) is 11.8 Å². The number of nitrogens with zero attached hydrogens (tertiary/aromatic N) is 1. The quantitative estimate of drug-likeness (QED) is 0.732. The van der Waals surface area contributed by atoms with E-state index in [2.05, 4.69) is 0 Å². The molecule has 0 saturated carbocycles. The first kappa shape index (κ1) is 13.4. The van der Waals surface area contributed by atoms with E-state index in [9.17, 15) is 4.79 Å². The van der Waals surface area contributed by atoms with Gasteiger partial charge in [0.2, 0.25) is 5.91 Å². The Kier molecular flexibility index (Phi) is 5.77. The average molecular weight is 201 g/mol. The minimum atomic E-state index is -0.334. The minimum absolute atomic E-state index is 0.0639. The molecule has 0 aromatic carbocycles. The summed E-state index contributed by atoms with van der Waals surface area (Å²) in [5, 5.41) is 9.09. The summed E-state index contributed by atoms with van der Waals surface area (Å²) >= 11 is 0. The van der Waals surface area contributed by atoms with Crippen molar-refractivity contribution in [3.8, 4) is 0 Å². The molecule has 84 valence electrons. The molecule has 3 nitrogen and oxygen atoms in total. The van der Waals surface area contributed by atoms with Gasteiger partial charge in [0.1, 0.15) is 0 Å². The number of amides is 1. The van der Waals surface area contributed by atoms with Crippen molar-refractivity contribution in [2.45, 2.75) is 40.2 Å². The van der Waals surface area contributed by atoms with Crippen LogP contribution in [0.25, 0.3) is 0 Å². The standard InChI is InChI=1S/C11H23NO2/c1-8(2)10(4)11(14)12(5)7-6-9(3)13/h8-10,13H,6-7H2,1-5H3. The first-order valence-electron chi connectivity index (χ1n) is 5.29. The lowest BCUT2D eigenvalue weighted by atomic mass is 9.97. The first-order chi connectivity index (χ1) is 6.36. The largest absolute Gasteiger partial charge is 0.393 e. The molecule has 0 radical (unpaired) electrons. The van der Waals surface area contributed by atoms with Crippen molar-refractivity contribution in [1.82, 2.24) is 4.90 Å². The van der Waals surface area contributed by atoms with Crippen LogP contribution in [0.15, 0.2) is 0 Å². The predicted octanol–water partition coefficient (Wildman–Crippen LogP) is 1.51. The Bertz CT molecular complexity index is 178. The summed E-state index contributed by atoms with van der Waals surface area (Å²) in [6, 6.07) is 0. The van der Waals surface area contributed by atoms with E-state index in [1.54, 1.807) is 18.9 Å². The maximum Gasteiger partial charge on any atom is 0.225 e. The molecule has 0 heterocycles. The van der Waals surface area contributed by atoms with Crippen molar-refractivity contribution in [2.24, 2.45) is 11.8 Å². The Balaban J connectivity index is 3.99. The van der Waals surface area contributed by atoms with Gasteiger partial charge in [-0.15, -0.1) is 0 Å². The average Bonchev–Trinajstić information content (AvgIpc) is 2.11. The number of hydrogen-bond acceptors (Lipinski definition) is 2. The van der Waals surface area contributed by atoms with Gasteiger partial charge in [-0.3, -0.25) is 4.79 Å². The highest BCUT2D eigenvalue weighted by atomic mass is 16.3. The Morgan fingerprint density at radius 2 is 1.79 bits per heavy atom. The Morgan fingerprint density at radius 1 is 1.29 bits per heavy atom. The number of aliphatic hydroxyl groups is 1. The van der Waals surface area contributed by atoms with Crippen LogP contribution in [0.4, 0.5) is 0 Å². The van der Waals surface area contributed by atoms with Crippen LogP contribution in [-0.2, 0) is 4.79 Å². The Labute approximate surface area is 87.1 Å². The fourth-order valence-electron chi connectivity index (χ4n) is 1.12. The van der Waals surface area contributed by atoms with E-state index in [1.807, 2.05) is 20.8 Å². The zero-order valence-corrected chi connectivity index (χ0v) is 9.95. The van der Waals surface area contributed by atoms with Crippen molar-refractivity contribution >= 4 is 5.91 Å². The van der Waals surface area contributed by atoms with Gasteiger partial charge in [-0.05, 0) is 19.3 Å². The lowest BCUT2D eigenvalue weighted by molar-refractivity contribution is -0.135. The number of carbonyl (C=O) groups is 1. The van der Waals surface area contributed by atoms with Crippen molar-refractivity contribution < 1.29 is 9.90 Å². The van der Waals surface area contributed by atoms with Crippen molar-refractivity contribution in [3.63, 3.8) is 0 Å². The topological polar surface area (TPSA) is 40.5 Å². The number of aliphatic hydroxyl groups excluding tert-OH is 1. The lowest BCUT2D eigenvalue weighted by Gasteiger charge is -2.23. The number of carbonyl (C=O) groups excluding carboxylic acids is 1. The second-order valence-electron chi connectivity index (χ2n) is 4.43. The molecule has 14 heavy (non-hydrogen) atoms. The molecule has 0 bridgehead atoms. The maximum atomic E-state index is 11.7. The molecule has 0 spiro atoms. The third kappa shape index (κ3) is 4.61. The summed E-state index contributed by atoms with van der Waals surface area (Å²) in [4.78, 5) is 13.4. The van der Waals surface area contributed by atoms with Crippen LogP contribution in [0.5, 0.6) is 0 Å². The van der Waals surface area contributed by atoms with Crippen LogP contribution in [0.2, 0.25) is 0 Å². The van der Waals surface area contributed by atoms with Gasteiger partial charge >= 0.3 is 0 Å². The zero-order valence-electron chi connectivity index (χ0n) is 9.95. The normalized spacial score (nSPS) is 15.4. The summed E-state index contributed by atoms with van der Waals surface area (Å²) in [5.41, 5.74) is 0. The molecule has 2 atom stereocenters.